The zero-order chi connectivity index (χ0) is 18.4. The van der Waals surface area contributed by atoms with E-state index in [1.807, 2.05) is 0 Å². The second-order valence-corrected chi connectivity index (χ2v) is 6.51. The Kier molecular flexibility index (Phi) is 6.62. The normalized spacial score (nSPS) is 14.8. The van der Waals surface area contributed by atoms with E-state index in [2.05, 4.69) is 25.5 Å². The number of hydrogen-bond donors (Lipinski definition) is 2. The molecular formula is C17H19Cl2N5O2. The molecule has 1 saturated heterocycles. The molecule has 26 heavy (non-hydrogen) atoms. The van der Waals surface area contributed by atoms with Gasteiger partial charge in [-0.05, 0) is 12.1 Å². The molecule has 3 rings (SSSR count). The van der Waals surface area contributed by atoms with Gasteiger partial charge in [0, 0.05) is 32.2 Å². The van der Waals surface area contributed by atoms with Crippen LogP contribution in [0.1, 0.15) is 10.5 Å². The van der Waals surface area contributed by atoms with E-state index in [0.717, 1.165) is 39.4 Å². The van der Waals surface area contributed by atoms with Crippen molar-refractivity contribution in [3.8, 4) is 0 Å². The second kappa shape index (κ2) is 9.14. The van der Waals surface area contributed by atoms with Crippen molar-refractivity contribution < 1.29 is 9.53 Å². The average molecular weight is 396 g/mol. The van der Waals surface area contributed by atoms with Gasteiger partial charge < -0.3 is 15.4 Å². The minimum atomic E-state index is -0.382. The summed E-state index contributed by atoms with van der Waals surface area (Å²) in [6.45, 7) is 5.00. The lowest BCUT2D eigenvalue weighted by Crippen LogP contribution is -2.39. The highest BCUT2D eigenvalue weighted by molar-refractivity contribution is 6.44. The van der Waals surface area contributed by atoms with Gasteiger partial charge in [0.25, 0.3) is 5.91 Å². The molecule has 1 aliphatic heterocycles. The number of morpholine rings is 1. The molecule has 0 spiro atoms. The van der Waals surface area contributed by atoms with Crippen molar-refractivity contribution in [1.82, 2.24) is 14.9 Å². The first-order chi connectivity index (χ1) is 12.6. The first kappa shape index (κ1) is 18.8. The van der Waals surface area contributed by atoms with Crippen LogP contribution in [0.4, 0.5) is 11.5 Å². The van der Waals surface area contributed by atoms with Crippen LogP contribution in [0.2, 0.25) is 10.0 Å². The van der Waals surface area contributed by atoms with Crippen molar-refractivity contribution in [1.29, 1.82) is 0 Å². The van der Waals surface area contributed by atoms with Crippen LogP contribution in [-0.4, -0.2) is 60.2 Å². The lowest BCUT2D eigenvalue weighted by atomic mass is 10.3. The first-order valence-electron chi connectivity index (χ1n) is 8.25. The number of rotatable bonds is 6. The molecule has 1 amide bonds. The summed E-state index contributed by atoms with van der Waals surface area (Å²) in [5, 5.41) is 6.58. The Bertz CT molecular complexity index is 769. The van der Waals surface area contributed by atoms with Gasteiger partial charge in [-0.25, -0.2) is 9.97 Å². The third-order valence-corrected chi connectivity index (χ3v) is 4.76. The van der Waals surface area contributed by atoms with Crippen LogP contribution in [-0.2, 0) is 4.74 Å². The van der Waals surface area contributed by atoms with E-state index in [0.29, 0.717) is 21.6 Å². The summed E-state index contributed by atoms with van der Waals surface area (Å²) in [5.74, 6) is 0.211. The van der Waals surface area contributed by atoms with E-state index in [1.165, 1.54) is 6.33 Å². The van der Waals surface area contributed by atoms with Gasteiger partial charge in [-0.3, -0.25) is 9.69 Å². The van der Waals surface area contributed by atoms with E-state index in [1.54, 1.807) is 24.3 Å². The molecule has 1 aromatic carbocycles. The van der Waals surface area contributed by atoms with Gasteiger partial charge in [0.1, 0.15) is 17.8 Å². The van der Waals surface area contributed by atoms with Crippen LogP contribution in [0.5, 0.6) is 0 Å². The lowest BCUT2D eigenvalue weighted by molar-refractivity contribution is 0.0398. The van der Waals surface area contributed by atoms with E-state index >= 15 is 0 Å². The van der Waals surface area contributed by atoms with Crippen molar-refractivity contribution in [2.45, 2.75) is 0 Å². The maximum absolute atomic E-state index is 12.4. The number of halogens is 2. The van der Waals surface area contributed by atoms with Crippen LogP contribution in [0.25, 0.3) is 0 Å². The minimum Gasteiger partial charge on any atom is -0.379 e. The van der Waals surface area contributed by atoms with Crippen LogP contribution in [0, 0.1) is 0 Å². The molecule has 138 valence electrons. The fraction of sp³-hybridized carbons (Fsp3) is 0.353. The number of anilines is 2. The number of amides is 1. The molecule has 2 heterocycles. The third kappa shape index (κ3) is 5.04. The molecule has 1 fully saturated rings. The predicted molar refractivity (Wildman–Crippen MR) is 102 cm³/mol. The SMILES string of the molecule is O=C(Nc1cccc(Cl)c1Cl)c1cc(NCCN2CCOCC2)ncn1. The molecule has 0 bridgehead atoms. The summed E-state index contributed by atoms with van der Waals surface area (Å²) in [4.78, 5) is 22.9. The summed E-state index contributed by atoms with van der Waals surface area (Å²) in [6, 6.07) is 6.64. The highest BCUT2D eigenvalue weighted by atomic mass is 35.5. The summed E-state index contributed by atoms with van der Waals surface area (Å²) >= 11 is 12.1. The Morgan fingerprint density at radius 3 is 2.85 bits per heavy atom. The van der Waals surface area contributed by atoms with Gasteiger partial charge in [0.15, 0.2) is 0 Å². The summed E-state index contributed by atoms with van der Waals surface area (Å²) in [7, 11) is 0. The van der Waals surface area contributed by atoms with Gasteiger partial charge in [0.05, 0.1) is 28.9 Å². The molecule has 1 aromatic heterocycles. The third-order valence-electron chi connectivity index (χ3n) is 3.94. The largest absolute Gasteiger partial charge is 0.379 e. The molecule has 0 radical (unpaired) electrons. The molecule has 0 atom stereocenters. The molecule has 0 saturated carbocycles. The minimum absolute atomic E-state index is 0.241. The second-order valence-electron chi connectivity index (χ2n) is 5.72. The Hall–Kier alpha value is -1.93. The van der Waals surface area contributed by atoms with E-state index in [9.17, 15) is 4.79 Å². The Balaban J connectivity index is 1.57. The number of carbonyl (C=O) groups excluding carboxylic acids is 1. The molecule has 7 nitrogen and oxygen atoms in total. The standard InChI is InChI=1S/C17H19Cl2N5O2/c18-12-2-1-3-13(16(12)19)23-17(25)14-10-15(22-11-21-14)20-4-5-24-6-8-26-9-7-24/h1-3,10-11H,4-9H2,(H,23,25)(H,20,21,22). The van der Waals surface area contributed by atoms with Crippen molar-refractivity contribution in [2.75, 3.05) is 50.0 Å². The maximum atomic E-state index is 12.4. The van der Waals surface area contributed by atoms with Crippen LogP contribution < -0.4 is 10.6 Å². The van der Waals surface area contributed by atoms with Gasteiger partial charge in [-0.2, -0.15) is 0 Å². The number of nitrogens with zero attached hydrogens (tertiary/aromatic N) is 3. The Morgan fingerprint density at radius 1 is 1.23 bits per heavy atom. The monoisotopic (exact) mass is 395 g/mol. The predicted octanol–water partition coefficient (Wildman–Crippen LogP) is 2.78. The lowest BCUT2D eigenvalue weighted by Gasteiger charge is -2.26. The zero-order valence-corrected chi connectivity index (χ0v) is 15.6. The number of carbonyl (C=O) groups is 1. The Labute approximate surface area is 161 Å². The Morgan fingerprint density at radius 2 is 2.04 bits per heavy atom. The molecule has 1 aliphatic rings. The maximum Gasteiger partial charge on any atom is 0.274 e. The number of aromatic nitrogens is 2. The van der Waals surface area contributed by atoms with Gasteiger partial charge >= 0.3 is 0 Å². The fourth-order valence-electron chi connectivity index (χ4n) is 2.53. The van der Waals surface area contributed by atoms with Crippen molar-refractivity contribution in [3.05, 3.63) is 46.3 Å². The smallest absolute Gasteiger partial charge is 0.274 e. The number of nitrogens with one attached hydrogen (secondary N) is 2. The van der Waals surface area contributed by atoms with Crippen molar-refractivity contribution in [2.24, 2.45) is 0 Å². The summed E-state index contributed by atoms with van der Waals surface area (Å²) < 4.78 is 5.33. The summed E-state index contributed by atoms with van der Waals surface area (Å²) in [5.41, 5.74) is 0.675. The quantitative estimate of drug-likeness (QED) is 0.782. The van der Waals surface area contributed by atoms with Crippen LogP contribution in [0.15, 0.2) is 30.6 Å². The van der Waals surface area contributed by atoms with Gasteiger partial charge in [-0.1, -0.05) is 29.3 Å². The topological polar surface area (TPSA) is 79.4 Å². The highest BCUT2D eigenvalue weighted by Crippen LogP contribution is 2.29. The van der Waals surface area contributed by atoms with Crippen LogP contribution in [0.3, 0.4) is 0 Å². The zero-order valence-electron chi connectivity index (χ0n) is 14.0. The number of hydrogen-bond acceptors (Lipinski definition) is 6. The molecule has 0 aliphatic carbocycles. The van der Waals surface area contributed by atoms with E-state index < -0.39 is 0 Å². The molecule has 2 N–H and O–H groups in total. The van der Waals surface area contributed by atoms with Crippen molar-refractivity contribution in [3.63, 3.8) is 0 Å². The summed E-state index contributed by atoms with van der Waals surface area (Å²) in [6.07, 6.45) is 1.35. The fourth-order valence-corrected chi connectivity index (χ4v) is 2.88. The van der Waals surface area contributed by atoms with Gasteiger partial charge in [0.2, 0.25) is 0 Å². The number of benzene rings is 1. The van der Waals surface area contributed by atoms with Crippen LogP contribution >= 0.6 is 23.2 Å². The molecular weight excluding hydrogens is 377 g/mol. The van der Waals surface area contributed by atoms with E-state index in [4.69, 9.17) is 27.9 Å². The number of ether oxygens (including phenoxy) is 1. The van der Waals surface area contributed by atoms with E-state index in [-0.39, 0.29) is 11.6 Å². The average Bonchev–Trinajstić information content (AvgIpc) is 2.66. The van der Waals surface area contributed by atoms with Crippen molar-refractivity contribution >= 4 is 40.6 Å². The molecule has 9 heteroatoms. The first-order valence-corrected chi connectivity index (χ1v) is 9.00. The van der Waals surface area contributed by atoms with Gasteiger partial charge in [-0.15, -0.1) is 0 Å². The molecule has 0 unspecified atom stereocenters. The highest BCUT2D eigenvalue weighted by Gasteiger charge is 2.13. The molecule has 2 aromatic rings.